The van der Waals surface area contributed by atoms with Crippen molar-refractivity contribution < 1.29 is 13.5 Å². The van der Waals surface area contributed by atoms with Gasteiger partial charge in [-0.3, -0.25) is 4.90 Å². The number of aliphatic hydroxyl groups excluding tert-OH is 1. The summed E-state index contributed by atoms with van der Waals surface area (Å²) in [5.41, 5.74) is 0. The summed E-state index contributed by atoms with van der Waals surface area (Å²) in [5.74, 6) is 1.37. The standard InChI is InChI=1S/C11H21NO3S/c13-7-3-10-1-5-12(6-2-10)11-4-8-16(14,15)9-11/h10-11,13H,1-9H2. The fourth-order valence-corrected chi connectivity index (χ4v) is 4.61. The van der Waals surface area contributed by atoms with Gasteiger partial charge in [0, 0.05) is 12.6 Å². The van der Waals surface area contributed by atoms with Crippen molar-refractivity contribution >= 4 is 9.84 Å². The average molecular weight is 247 g/mol. The molecule has 16 heavy (non-hydrogen) atoms. The third-order valence-electron chi connectivity index (χ3n) is 3.91. The molecule has 2 rings (SSSR count). The number of likely N-dealkylation sites (tertiary alicyclic amines) is 1. The third-order valence-corrected chi connectivity index (χ3v) is 5.66. The maximum Gasteiger partial charge on any atom is 0.151 e. The Kier molecular flexibility index (Phi) is 3.87. The lowest BCUT2D eigenvalue weighted by Crippen LogP contribution is -2.42. The van der Waals surface area contributed by atoms with Gasteiger partial charge in [-0.2, -0.15) is 0 Å². The first-order valence-electron chi connectivity index (χ1n) is 6.16. The summed E-state index contributed by atoms with van der Waals surface area (Å²) in [6.45, 7) is 2.29. The van der Waals surface area contributed by atoms with E-state index in [1.807, 2.05) is 0 Å². The van der Waals surface area contributed by atoms with Crippen molar-refractivity contribution in [3.05, 3.63) is 0 Å². The van der Waals surface area contributed by atoms with Crippen LogP contribution in [0.15, 0.2) is 0 Å². The van der Waals surface area contributed by atoms with Crippen LogP contribution in [0.4, 0.5) is 0 Å². The number of piperidine rings is 1. The molecule has 94 valence electrons. The maximum atomic E-state index is 11.4. The van der Waals surface area contributed by atoms with Gasteiger partial charge in [-0.15, -0.1) is 0 Å². The van der Waals surface area contributed by atoms with E-state index in [9.17, 15) is 8.42 Å². The van der Waals surface area contributed by atoms with Gasteiger partial charge in [0.05, 0.1) is 11.5 Å². The molecule has 0 bridgehead atoms. The smallest absolute Gasteiger partial charge is 0.151 e. The molecule has 1 N–H and O–H groups in total. The number of sulfone groups is 1. The summed E-state index contributed by atoms with van der Waals surface area (Å²) >= 11 is 0. The quantitative estimate of drug-likeness (QED) is 0.777. The van der Waals surface area contributed by atoms with Crippen LogP contribution in [0.1, 0.15) is 25.7 Å². The van der Waals surface area contributed by atoms with E-state index in [2.05, 4.69) is 4.90 Å². The molecule has 2 fully saturated rings. The molecule has 2 heterocycles. The maximum absolute atomic E-state index is 11.4. The fraction of sp³-hybridized carbons (Fsp3) is 1.00. The van der Waals surface area contributed by atoms with Crippen LogP contribution in [0.2, 0.25) is 0 Å². The van der Waals surface area contributed by atoms with Crippen molar-refractivity contribution in [2.24, 2.45) is 5.92 Å². The lowest BCUT2D eigenvalue weighted by atomic mass is 9.93. The van der Waals surface area contributed by atoms with E-state index in [-0.39, 0.29) is 12.6 Å². The van der Waals surface area contributed by atoms with Crippen LogP contribution in [-0.2, 0) is 9.84 Å². The molecule has 0 saturated carbocycles. The lowest BCUT2D eigenvalue weighted by Gasteiger charge is -2.35. The number of hydrogen-bond donors (Lipinski definition) is 1. The van der Waals surface area contributed by atoms with E-state index in [0.717, 1.165) is 38.8 Å². The van der Waals surface area contributed by atoms with E-state index in [0.29, 0.717) is 17.4 Å². The molecule has 0 aliphatic carbocycles. The Bertz CT molecular complexity index is 320. The number of nitrogens with zero attached hydrogens (tertiary/aromatic N) is 1. The molecule has 5 heteroatoms. The van der Waals surface area contributed by atoms with Crippen molar-refractivity contribution in [2.75, 3.05) is 31.2 Å². The largest absolute Gasteiger partial charge is 0.396 e. The molecule has 0 aromatic heterocycles. The monoisotopic (exact) mass is 247 g/mol. The molecule has 4 nitrogen and oxygen atoms in total. The second-order valence-electron chi connectivity index (χ2n) is 5.05. The molecule has 2 aliphatic heterocycles. The highest BCUT2D eigenvalue weighted by molar-refractivity contribution is 7.91. The van der Waals surface area contributed by atoms with E-state index in [1.54, 1.807) is 0 Å². The van der Waals surface area contributed by atoms with Gasteiger partial charge in [-0.25, -0.2) is 8.42 Å². The van der Waals surface area contributed by atoms with Crippen LogP contribution < -0.4 is 0 Å². The molecular formula is C11H21NO3S. The van der Waals surface area contributed by atoms with Crippen LogP contribution >= 0.6 is 0 Å². The Morgan fingerprint density at radius 3 is 2.38 bits per heavy atom. The normalized spacial score (nSPS) is 31.9. The Balaban J connectivity index is 1.81. The second-order valence-corrected chi connectivity index (χ2v) is 7.28. The molecule has 0 spiro atoms. The zero-order valence-corrected chi connectivity index (χ0v) is 10.5. The number of hydrogen-bond acceptors (Lipinski definition) is 4. The predicted octanol–water partition coefficient (Wildman–Crippen LogP) is 0.268. The summed E-state index contributed by atoms with van der Waals surface area (Å²) < 4.78 is 22.8. The second kappa shape index (κ2) is 5.02. The zero-order valence-electron chi connectivity index (χ0n) is 9.64. The van der Waals surface area contributed by atoms with Gasteiger partial charge in [0.25, 0.3) is 0 Å². The van der Waals surface area contributed by atoms with Gasteiger partial charge >= 0.3 is 0 Å². The summed E-state index contributed by atoms with van der Waals surface area (Å²) in [6.07, 6.45) is 3.93. The van der Waals surface area contributed by atoms with Crippen LogP contribution in [0.3, 0.4) is 0 Å². The average Bonchev–Trinajstić information content (AvgIpc) is 2.61. The molecule has 1 unspecified atom stereocenters. The highest BCUT2D eigenvalue weighted by Gasteiger charge is 2.33. The first kappa shape index (κ1) is 12.3. The zero-order chi connectivity index (χ0) is 11.6. The molecule has 1 atom stereocenters. The van der Waals surface area contributed by atoms with Crippen molar-refractivity contribution in [1.82, 2.24) is 4.90 Å². The Labute approximate surface area is 97.6 Å². The predicted molar refractivity (Wildman–Crippen MR) is 63.1 cm³/mol. The summed E-state index contributed by atoms with van der Waals surface area (Å²) in [7, 11) is -2.75. The minimum absolute atomic E-state index is 0.264. The minimum atomic E-state index is -2.75. The van der Waals surface area contributed by atoms with Gasteiger partial charge in [-0.05, 0) is 44.7 Å². The van der Waals surface area contributed by atoms with Crippen molar-refractivity contribution in [2.45, 2.75) is 31.7 Å². The van der Waals surface area contributed by atoms with Crippen molar-refractivity contribution in [3.8, 4) is 0 Å². The van der Waals surface area contributed by atoms with Crippen molar-refractivity contribution in [3.63, 3.8) is 0 Å². The van der Waals surface area contributed by atoms with Gasteiger partial charge in [0.1, 0.15) is 0 Å². The highest BCUT2D eigenvalue weighted by Crippen LogP contribution is 2.25. The van der Waals surface area contributed by atoms with E-state index in [1.165, 1.54) is 0 Å². The minimum Gasteiger partial charge on any atom is -0.396 e. The molecule has 2 saturated heterocycles. The first-order chi connectivity index (χ1) is 7.61. The molecule has 0 amide bonds. The molecule has 0 radical (unpaired) electrons. The molecule has 0 aromatic rings. The topological polar surface area (TPSA) is 57.6 Å². The molecule has 0 aromatic carbocycles. The molecular weight excluding hydrogens is 226 g/mol. The van der Waals surface area contributed by atoms with Crippen LogP contribution in [-0.4, -0.2) is 55.7 Å². The Hall–Kier alpha value is -0.130. The van der Waals surface area contributed by atoms with Gasteiger partial charge in [0.2, 0.25) is 0 Å². The van der Waals surface area contributed by atoms with Crippen molar-refractivity contribution in [1.29, 1.82) is 0 Å². The fourth-order valence-electron chi connectivity index (χ4n) is 2.85. The van der Waals surface area contributed by atoms with Gasteiger partial charge < -0.3 is 5.11 Å². The highest BCUT2D eigenvalue weighted by atomic mass is 32.2. The SMILES string of the molecule is O=S1(=O)CCC(N2CCC(CCO)CC2)C1. The van der Waals surface area contributed by atoms with E-state index in [4.69, 9.17) is 5.11 Å². The van der Waals surface area contributed by atoms with E-state index >= 15 is 0 Å². The first-order valence-corrected chi connectivity index (χ1v) is 7.98. The molecule has 2 aliphatic rings. The van der Waals surface area contributed by atoms with Gasteiger partial charge in [-0.1, -0.05) is 0 Å². The summed E-state index contributed by atoms with van der Waals surface area (Å²) in [4.78, 5) is 2.33. The van der Waals surface area contributed by atoms with Crippen LogP contribution in [0.25, 0.3) is 0 Å². The van der Waals surface area contributed by atoms with Crippen LogP contribution in [0.5, 0.6) is 0 Å². The Morgan fingerprint density at radius 2 is 1.88 bits per heavy atom. The number of aliphatic hydroxyl groups is 1. The summed E-state index contributed by atoms with van der Waals surface area (Å²) in [5, 5.41) is 8.87. The Morgan fingerprint density at radius 1 is 1.19 bits per heavy atom. The van der Waals surface area contributed by atoms with Gasteiger partial charge in [0.15, 0.2) is 9.84 Å². The number of rotatable bonds is 3. The van der Waals surface area contributed by atoms with E-state index < -0.39 is 9.84 Å². The third kappa shape index (κ3) is 2.96. The lowest BCUT2D eigenvalue weighted by molar-refractivity contribution is 0.128. The van der Waals surface area contributed by atoms with Crippen LogP contribution in [0, 0.1) is 5.92 Å². The summed E-state index contributed by atoms with van der Waals surface area (Å²) in [6, 6.07) is 0.264.